The van der Waals surface area contributed by atoms with Crippen LogP contribution in [-0.2, 0) is 16.0 Å². The molecule has 4 unspecified atom stereocenters. The number of carbonyl (C=O) groups excluding carboxylic acids is 1. The Morgan fingerprint density at radius 1 is 1.16 bits per heavy atom. The summed E-state index contributed by atoms with van der Waals surface area (Å²) in [6.07, 6.45) is 3.77. The quantitative estimate of drug-likeness (QED) is 0.187. The Kier molecular flexibility index (Phi) is 14.7. The van der Waals surface area contributed by atoms with Gasteiger partial charge < -0.3 is 26.8 Å². The maximum atomic E-state index is 13.1. The summed E-state index contributed by atoms with van der Waals surface area (Å²) in [6.45, 7) is 5.52. The number of amides is 1. The van der Waals surface area contributed by atoms with Crippen molar-refractivity contribution in [3.05, 3.63) is 35.9 Å². The molecule has 1 rings (SSSR count). The van der Waals surface area contributed by atoms with Crippen LogP contribution in [0.3, 0.4) is 0 Å². The lowest BCUT2D eigenvalue weighted by Crippen LogP contribution is -2.55. The van der Waals surface area contributed by atoms with E-state index in [1.807, 2.05) is 36.6 Å². The number of thiol groups is 1. The second kappa shape index (κ2) is 16.4. The molecule has 0 aromatic heterocycles. The van der Waals surface area contributed by atoms with E-state index in [1.54, 1.807) is 11.8 Å². The molecule has 0 radical (unpaired) electrons. The normalized spacial score (nSPS) is 16.0. The van der Waals surface area contributed by atoms with E-state index >= 15 is 0 Å². The van der Waals surface area contributed by atoms with Crippen LogP contribution in [0.5, 0.6) is 0 Å². The Morgan fingerprint density at radius 3 is 2.41 bits per heavy atom. The highest BCUT2D eigenvalue weighted by Gasteiger charge is 2.26. The van der Waals surface area contributed by atoms with Crippen LogP contribution in [0.15, 0.2) is 30.3 Å². The Balaban J connectivity index is 2.91. The number of hydrogen-bond acceptors (Lipinski definition) is 7. The number of carboxylic acids is 1. The van der Waals surface area contributed by atoms with E-state index < -0.39 is 18.1 Å². The van der Waals surface area contributed by atoms with E-state index in [0.717, 1.165) is 12.0 Å². The van der Waals surface area contributed by atoms with Gasteiger partial charge in [0.25, 0.3) is 0 Å². The van der Waals surface area contributed by atoms with Crippen molar-refractivity contribution in [1.29, 1.82) is 0 Å². The topological polar surface area (TPSA) is 116 Å². The zero-order valence-electron chi connectivity index (χ0n) is 19.4. The van der Waals surface area contributed by atoms with E-state index in [0.29, 0.717) is 43.4 Å². The third-order valence-corrected chi connectivity index (χ3v) is 6.73. The first-order valence-electron chi connectivity index (χ1n) is 11.2. The Morgan fingerprint density at radius 2 is 1.84 bits per heavy atom. The van der Waals surface area contributed by atoms with Gasteiger partial charge in [-0.25, -0.2) is 4.79 Å². The van der Waals surface area contributed by atoms with E-state index in [2.05, 4.69) is 42.4 Å². The van der Waals surface area contributed by atoms with Crippen molar-refractivity contribution in [2.45, 2.75) is 57.3 Å². The lowest BCUT2D eigenvalue weighted by atomic mass is 9.97. The van der Waals surface area contributed by atoms with E-state index in [4.69, 9.17) is 5.73 Å². The van der Waals surface area contributed by atoms with Crippen LogP contribution < -0.4 is 21.7 Å². The zero-order valence-corrected chi connectivity index (χ0v) is 21.1. The molecule has 1 aromatic rings. The van der Waals surface area contributed by atoms with Crippen molar-refractivity contribution in [3.8, 4) is 0 Å². The van der Waals surface area contributed by atoms with Crippen LogP contribution in [0, 0.1) is 5.92 Å². The van der Waals surface area contributed by atoms with Crippen molar-refractivity contribution in [3.63, 3.8) is 0 Å². The number of nitrogens with one attached hydrogen (secondary N) is 3. The molecule has 0 spiro atoms. The van der Waals surface area contributed by atoms with Crippen LogP contribution in [-0.4, -0.2) is 72.0 Å². The fourth-order valence-electron chi connectivity index (χ4n) is 3.27. The van der Waals surface area contributed by atoms with Crippen LogP contribution in [0.4, 0.5) is 0 Å². The van der Waals surface area contributed by atoms with E-state index in [9.17, 15) is 14.7 Å². The molecular formula is C23H40N4O3S2. The highest BCUT2D eigenvalue weighted by atomic mass is 32.2. The Bertz CT molecular complexity index is 666. The largest absolute Gasteiger partial charge is 0.480 e. The highest BCUT2D eigenvalue weighted by Crippen LogP contribution is 2.10. The van der Waals surface area contributed by atoms with Crippen molar-refractivity contribution < 1.29 is 14.7 Å². The van der Waals surface area contributed by atoms with Gasteiger partial charge in [-0.15, -0.1) is 0 Å². The summed E-state index contributed by atoms with van der Waals surface area (Å²) in [5.41, 5.74) is 7.03. The molecular weight excluding hydrogens is 444 g/mol. The summed E-state index contributed by atoms with van der Waals surface area (Å²) in [6, 6.07) is 8.40. The molecule has 32 heavy (non-hydrogen) atoms. The van der Waals surface area contributed by atoms with Gasteiger partial charge >= 0.3 is 5.97 Å². The zero-order chi connectivity index (χ0) is 23.9. The average Bonchev–Trinajstić information content (AvgIpc) is 2.80. The SMILES string of the molecule is CCC(C)C(CNC(Cc1ccccc1)C(=O)NC(CCSC)C(=O)O)NC[C@H](N)CS. The summed E-state index contributed by atoms with van der Waals surface area (Å²) in [5.74, 6) is 0.338. The van der Waals surface area contributed by atoms with E-state index in [1.165, 1.54) is 0 Å². The van der Waals surface area contributed by atoms with Gasteiger partial charge in [0.05, 0.1) is 6.04 Å². The number of benzene rings is 1. The van der Waals surface area contributed by atoms with Crippen LogP contribution in [0.2, 0.25) is 0 Å². The Hall–Kier alpha value is -1.26. The summed E-state index contributed by atoms with van der Waals surface area (Å²) in [5, 5.41) is 19.1. The predicted octanol–water partition coefficient (Wildman–Crippen LogP) is 1.77. The third-order valence-electron chi connectivity index (χ3n) is 5.62. The van der Waals surface area contributed by atoms with Crippen molar-refractivity contribution in [1.82, 2.24) is 16.0 Å². The number of aliphatic carboxylic acids is 1. The molecule has 6 N–H and O–H groups in total. The van der Waals surface area contributed by atoms with Crippen LogP contribution >= 0.6 is 24.4 Å². The Labute approximate surface area is 202 Å². The van der Waals surface area contributed by atoms with Gasteiger partial charge in [-0.05, 0) is 36.3 Å². The molecule has 0 aliphatic heterocycles. The molecule has 9 heteroatoms. The minimum absolute atomic E-state index is 0.0407. The molecule has 0 aliphatic rings. The molecule has 182 valence electrons. The van der Waals surface area contributed by atoms with Gasteiger partial charge in [0.1, 0.15) is 6.04 Å². The fourth-order valence-corrected chi connectivity index (χ4v) is 3.87. The molecule has 0 bridgehead atoms. The van der Waals surface area contributed by atoms with Gasteiger partial charge in [-0.1, -0.05) is 50.6 Å². The van der Waals surface area contributed by atoms with Crippen LogP contribution in [0.25, 0.3) is 0 Å². The summed E-state index contributed by atoms with van der Waals surface area (Å²) >= 11 is 5.81. The first-order valence-corrected chi connectivity index (χ1v) is 13.2. The lowest BCUT2D eigenvalue weighted by molar-refractivity contribution is -0.142. The number of hydrogen-bond donors (Lipinski definition) is 6. The molecule has 1 aromatic carbocycles. The van der Waals surface area contributed by atoms with Gasteiger partial charge in [0, 0.05) is 30.9 Å². The minimum atomic E-state index is -1.01. The second-order valence-electron chi connectivity index (χ2n) is 8.17. The minimum Gasteiger partial charge on any atom is -0.480 e. The first kappa shape index (κ1) is 28.8. The maximum absolute atomic E-state index is 13.1. The number of carboxylic acid groups (broad SMARTS) is 1. The monoisotopic (exact) mass is 484 g/mol. The molecule has 5 atom stereocenters. The van der Waals surface area contributed by atoms with Crippen molar-refractivity contribution >= 4 is 36.3 Å². The average molecular weight is 485 g/mol. The number of carbonyl (C=O) groups is 2. The van der Waals surface area contributed by atoms with Crippen LogP contribution in [0.1, 0.15) is 32.3 Å². The fraction of sp³-hybridized carbons (Fsp3) is 0.652. The van der Waals surface area contributed by atoms with Gasteiger partial charge in [0.15, 0.2) is 0 Å². The second-order valence-corrected chi connectivity index (χ2v) is 9.53. The summed E-state index contributed by atoms with van der Waals surface area (Å²) in [4.78, 5) is 24.7. The number of nitrogens with two attached hydrogens (primary N) is 1. The van der Waals surface area contributed by atoms with E-state index in [-0.39, 0.29) is 18.0 Å². The summed E-state index contributed by atoms with van der Waals surface area (Å²) < 4.78 is 0. The molecule has 7 nitrogen and oxygen atoms in total. The lowest BCUT2D eigenvalue weighted by Gasteiger charge is -2.29. The summed E-state index contributed by atoms with van der Waals surface area (Å²) in [7, 11) is 0. The van der Waals surface area contributed by atoms with Gasteiger partial charge in [0.2, 0.25) is 5.91 Å². The standard InChI is InChI=1S/C23H40N4O3S2/c1-4-16(2)21(25-13-18(24)15-31)14-26-20(12-17-8-6-5-7-9-17)22(28)27-19(23(29)30)10-11-32-3/h5-9,16,18-21,25-26,31H,4,10-15,24H2,1-3H3,(H,27,28)(H,29,30)/t16?,18-,19?,20?,21?/m0/s1. The number of rotatable bonds is 17. The number of thioether (sulfide) groups is 1. The third kappa shape index (κ3) is 11.0. The molecule has 0 aliphatic carbocycles. The van der Waals surface area contributed by atoms with Gasteiger partial charge in [-0.2, -0.15) is 24.4 Å². The molecule has 1 amide bonds. The molecule has 0 fully saturated rings. The maximum Gasteiger partial charge on any atom is 0.326 e. The van der Waals surface area contributed by atoms with Crippen molar-refractivity contribution in [2.75, 3.05) is 30.9 Å². The first-order chi connectivity index (χ1) is 15.3. The van der Waals surface area contributed by atoms with Gasteiger partial charge in [-0.3, -0.25) is 4.79 Å². The highest BCUT2D eigenvalue weighted by molar-refractivity contribution is 7.98. The predicted molar refractivity (Wildman–Crippen MR) is 138 cm³/mol. The molecule has 0 saturated heterocycles. The molecule has 0 heterocycles. The van der Waals surface area contributed by atoms with Crippen molar-refractivity contribution in [2.24, 2.45) is 11.7 Å². The molecule has 0 saturated carbocycles. The smallest absolute Gasteiger partial charge is 0.326 e.